The number of para-hydroxylation sites is 2. The van der Waals surface area contributed by atoms with Crippen molar-refractivity contribution in [1.29, 1.82) is 0 Å². The van der Waals surface area contributed by atoms with Gasteiger partial charge in [-0.1, -0.05) is 64.6 Å². The van der Waals surface area contributed by atoms with Crippen LogP contribution in [0.5, 0.6) is 17.2 Å². The molecule has 0 aliphatic carbocycles. The summed E-state index contributed by atoms with van der Waals surface area (Å²) in [6.07, 6.45) is 6.53. The van der Waals surface area contributed by atoms with E-state index < -0.39 is 5.97 Å². The molecule has 1 fully saturated rings. The van der Waals surface area contributed by atoms with Crippen molar-refractivity contribution in [2.75, 3.05) is 80.8 Å². The smallest absolute Gasteiger partial charge is 0.333 e. The van der Waals surface area contributed by atoms with Gasteiger partial charge in [-0.05, 0) is 135 Å². The first kappa shape index (κ1) is 57.4. The second-order valence-electron chi connectivity index (χ2n) is 21.6. The monoisotopic (exact) mass is 1140 g/mol. The molecule has 18 heteroatoms. The third-order valence-corrected chi connectivity index (χ3v) is 18.5. The first-order chi connectivity index (χ1) is 39.3. The number of carbonyl (C=O) groups is 4. The Labute approximate surface area is 482 Å². The fraction of sp³-hybridized carbons (Fsp3) is 0.413. The molecule has 0 spiro atoms. The summed E-state index contributed by atoms with van der Waals surface area (Å²) in [4.78, 5) is 69.7. The van der Waals surface area contributed by atoms with Crippen LogP contribution in [0, 0.1) is 6.92 Å². The van der Waals surface area contributed by atoms with E-state index in [0.29, 0.717) is 106 Å². The van der Waals surface area contributed by atoms with Crippen molar-refractivity contribution in [2.24, 2.45) is 4.99 Å². The number of anilines is 3. The van der Waals surface area contributed by atoms with Crippen molar-refractivity contribution in [2.45, 2.75) is 102 Å². The van der Waals surface area contributed by atoms with Crippen LogP contribution in [0.1, 0.15) is 100 Å². The highest BCUT2D eigenvalue weighted by Crippen LogP contribution is 2.43. The van der Waals surface area contributed by atoms with Crippen molar-refractivity contribution in [3.63, 3.8) is 0 Å². The highest BCUT2D eigenvalue weighted by molar-refractivity contribution is 8.77. The van der Waals surface area contributed by atoms with E-state index in [1.807, 2.05) is 59.3 Å². The summed E-state index contributed by atoms with van der Waals surface area (Å²) in [6.45, 7) is 14.1. The predicted molar refractivity (Wildman–Crippen MR) is 318 cm³/mol. The van der Waals surface area contributed by atoms with Gasteiger partial charge >= 0.3 is 5.97 Å². The normalized spacial score (nSPS) is 17.0. The molecule has 3 amide bonds. The lowest BCUT2D eigenvalue weighted by Crippen LogP contribution is -2.38. The van der Waals surface area contributed by atoms with E-state index in [2.05, 4.69) is 67.8 Å². The molecule has 0 saturated carbocycles. The first-order valence-electron chi connectivity index (χ1n) is 27.8. The largest absolute Gasteiger partial charge is 0.493 e. The molecule has 16 nitrogen and oxygen atoms in total. The van der Waals surface area contributed by atoms with Gasteiger partial charge in [0, 0.05) is 90.9 Å². The van der Waals surface area contributed by atoms with Gasteiger partial charge in [-0.25, -0.2) is 4.79 Å². The van der Waals surface area contributed by atoms with Crippen LogP contribution in [0.4, 0.5) is 22.7 Å². The Balaban J connectivity index is 0.899. The number of amides is 3. The number of hydrogen-bond acceptors (Lipinski definition) is 15. The molecule has 0 radical (unpaired) electrons. The van der Waals surface area contributed by atoms with Crippen LogP contribution in [0.15, 0.2) is 108 Å². The molecular formula is C63H71N5O11S2. The van der Waals surface area contributed by atoms with Crippen molar-refractivity contribution in [3.05, 3.63) is 148 Å². The van der Waals surface area contributed by atoms with E-state index in [0.717, 1.165) is 80.5 Å². The zero-order valence-electron chi connectivity index (χ0n) is 46.9. The quantitative estimate of drug-likeness (QED) is 0.0380. The summed E-state index contributed by atoms with van der Waals surface area (Å²) in [5, 5.41) is 1.03. The Hall–Kier alpha value is -6.83. The van der Waals surface area contributed by atoms with Crippen LogP contribution < -0.4 is 28.9 Å². The number of rotatable bonds is 26. The number of allylic oxidation sites excluding steroid dienone is 1. The molecule has 5 aromatic carbocycles. The molecule has 5 heterocycles. The lowest BCUT2D eigenvalue weighted by Gasteiger charge is -2.34. The molecule has 426 valence electrons. The van der Waals surface area contributed by atoms with Crippen LogP contribution in [-0.4, -0.2) is 118 Å². The molecule has 0 unspecified atom stereocenters. The second-order valence-corrected chi connectivity index (χ2v) is 24.7. The molecule has 0 N–H and O–H groups in total. The summed E-state index contributed by atoms with van der Waals surface area (Å²) < 4.78 is 36.1. The fourth-order valence-corrected chi connectivity index (χ4v) is 13.7. The molecule has 5 aliphatic rings. The van der Waals surface area contributed by atoms with E-state index in [9.17, 15) is 19.2 Å². The van der Waals surface area contributed by atoms with Crippen LogP contribution in [0.2, 0.25) is 0 Å². The SMILES string of the molecule is C=C1CCC(=O)N1OC(=O)CCCSSC(C)(C)CN(CCOCCOCCOC)c1cc(COc2cc3c(cc2C)C(=O)N2c4ccccc4C[C@H]2CC3)cc(COc2cc3c(cc2OC)C(=O)N2c4ccccc4C[C@H]2C=N3)c1. The summed E-state index contributed by atoms with van der Waals surface area (Å²) in [7, 11) is 6.65. The van der Waals surface area contributed by atoms with Gasteiger partial charge in [0.2, 0.25) is 0 Å². The van der Waals surface area contributed by atoms with Crippen LogP contribution >= 0.6 is 21.6 Å². The Bertz CT molecular complexity index is 3190. The summed E-state index contributed by atoms with van der Waals surface area (Å²) in [5.41, 5.74) is 10.9. The summed E-state index contributed by atoms with van der Waals surface area (Å²) in [6, 6.07) is 30.0. The number of benzene rings is 5. The number of aliphatic imine (C=N–C) groups is 1. The summed E-state index contributed by atoms with van der Waals surface area (Å²) >= 11 is 0. The van der Waals surface area contributed by atoms with E-state index in [4.69, 9.17) is 38.3 Å². The Kier molecular flexibility index (Phi) is 18.4. The van der Waals surface area contributed by atoms with Gasteiger partial charge in [0.1, 0.15) is 19.0 Å². The first-order valence-corrected chi connectivity index (χ1v) is 30.1. The van der Waals surface area contributed by atoms with Gasteiger partial charge in [0.05, 0.1) is 63.1 Å². The Morgan fingerprint density at radius 3 is 2.17 bits per heavy atom. The average Bonchev–Trinajstić information content (AvgIpc) is 4.06. The Morgan fingerprint density at radius 1 is 0.753 bits per heavy atom. The van der Waals surface area contributed by atoms with Gasteiger partial charge in [-0.3, -0.25) is 24.3 Å². The van der Waals surface area contributed by atoms with Crippen LogP contribution in [-0.2, 0) is 61.1 Å². The van der Waals surface area contributed by atoms with E-state index in [-0.39, 0.29) is 54.2 Å². The number of fused-ring (bicyclic) bond motifs is 8. The lowest BCUT2D eigenvalue weighted by molar-refractivity contribution is -0.186. The molecule has 5 aliphatic heterocycles. The van der Waals surface area contributed by atoms with Crippen molar-refractivity contribution >= 4 is 74.2 Å². The van der Waals surface area contributed by atoms with Gasteiger partial charge in [-0.2, -0.15) is 0 Å². The average molecular weight is 1140 g/mol. The highest BCUT2D eigenvalue weighted by atomic mass is 33.1. The summed E-state index contributed by atoms with van der Waals surface area (Å²) in [5.74, 6) is 1.46. The maximum absolute atomic E-state index is 14.3. The third-order valence-electron chi connectivity index (χ3n) is 15.1. The molecule has 2 atom stereocenters. The van der Waals surface area contributed by atoms with E-state index in [1.165, 1.54) is 5.56 Å². The predicted octanol–water partition coefficient (Wildman–Crippen LogP) is 11.0. The molecule has 0 bridgehead atoms. The number of aryl methyl sites for hydroxylation is 2. The minimum absolute atomic E-state index is 0.0329. The number of hydroxylamine groups is 2. The van der Waals surface area contributed by atoms with Gasteiger partial charge in [0.25, 0.3) is 17.7 Å². The zero-order valence-corrected chi connectivity index (χ0v) is 48.5. The Morgan fingerprint density at radius 2 is 1.44 bits per heavy atom. The molecule has 81 heavy (non-hydrogen) atoms. The number of methoxy groups -OCH3 is 2. The van der Waals surface area contributed by atoms with Crippen molar-refractivity contribution in [3.8, 4) is 17.2 Å². The van der Waals surface area contributed by atoms with Gasteiger partial charge < -0.3 is 43.1 Å². The zero-order chi connectivity index (χ0) is 56.6. The van der Waals surface area contributed by atoms with Gasteiger partial charge in [-0.15, -0.1) is 5.06 Å². The number of hydrogen-bond donors (Lipinski definition) is 0. The molecular weight excluding hydrogens is 1070 g/mol. The topological polar surface area (TPSA) is 158 Å². The molecule has 0 aromatic heterocycles. The van der Waals surface area contributed by atoms with E-state index in [1.54, 1.807) is 47.9 Å². The number of carbonyl (C=O) groups excluding carboxylic acids is 4. The standard InChI is InChI=1S/C63H71N5O11S2/c1-41-28-51-45(18-19-48-32-46-12-7-9-14-54(46)66(48)61(51)71)34-56(41)77-38-43-29-44(39-78-58-36-53-52(35-57(58)74-6)62(72)67-50(37-64-53)33-47-13-8-10-15-55(47)67)31-49(30-43)65(21-22-75-25-26-76-24-23-73-5)40-63(3,4)81-80-27-11-16-60(70)79-68-42(2)17-20-59(68)69/h7-10,12-15,28-31,34-37,48,50H,2,11,16-27,32-33,38-40H2,1,3-6H3/t48-,50+/m1/s1. The van der Waals surface area contributed by atoms with E-state index >= 15 is 0 Å². The number of ether oxygens (including phenoxy) is 6. The molecule has 10 rings (SSSR count). The number of nitrogens with zero attached hydrogens (tertiary/aromatic N) is 5. The van der Waals surface area contributed by atoms with Gasteiger partial charge in [0.15, 0.2) is 11.5 Å². The molecule has 5 aromatic rings. The highest BCUT2D eigenvalue weighted by Gasteiger charge is 2.39. The maximum atomic E-state index is 14.3. The van der Waals surface area contributed by atoms with Crippen molar-refractivity contribution in [1.82, 2.24) is 5.06 Å². The third kappa shape index (κ3) is 13.4. The second kappa shape index (κ2) is 26.0. The van der Waals surface area contributed by atoms with Crippen LogP contribution in [0.3, 0.4) is 0 Å². The maximum Gasteiger partial charge on any atom is 0.333 e. The lowest BCUT2D eigenvalue weighted by atomic mass is 9.98. The minimum atomic E-state index is -0.454. The minimum Gasteiger partial charge on any atom is -0.493 e. The molecule has 1 saturated heterocycles. The fourth-order valence-electron chi connectivity index (χ4n) is 11.1. The van der Waals surface area contributed by atoms with Crippen molar-refractivity contribution < 1.29 is 52.4 Å². The van der Waals surface area contributed by atoms with Crippen LogP contribution in [0.25, 0.3) is 0 Å².